The van der Waals surface area contributed by atoms with Gasteiger partial charge in [0, 0.05) is 22.4 Å². The molecular formula is C26H38N2O2. The number of fused-ring (bicyclic) bond motifs is 1. The molecule has 0 atom stereocenters. The molecule has 1 aliphatic carbocycles. The molecular weight excluding hydrogens is 372 g/mol. The van der Waals surface area contributed by atoms with Crippen LogP contribution >= 0.6 is 0 Å². The van der Waals surface area contributed by atoms with Crippen molar-refractivity contribution in [2.75, 3.05) is 19.6 Å². The first-order chi connectivity index (χ1) is 14.4. The maximum Gasteiger partial charge on any atom is 0.225 e. The van der Waals surface area contributed by atoms with E-state index in [4.69, 9.17) is 4.42 Å². The average Bonchev–Trinajstić information content (AvgIpc) is 3.17. The van der Waals surface area contributed by atoms with Gasteiger partial charge in [0.05, 0.1) is 6.26 Å². The molecule has 0 bridgehead atoms. The van der Waals surface area contributed by atoms with E-state index < -0.39 is 0 Å². The molecule has 0 unspecified atom stereocenters. The van der Waals surface area contributed by atoms with Crippen molar-refractivity contribution in [3.05, 3.63) is 36.1 Å². The van der Waals surface area contributed by atoms with Gasteiger partial charge in [-0.25, -0.2) is 0 Å². The first-order valence-electron chi connectivity index (χ1n) is 11.9. The van der Waals surface area contributed by atoms with Crippen LogP contribution in [-0.4, -0.2) is 36.5 Å². The van der Waals surface area contributed by atoms with Crippen molar-refractivity contribution >= 4 is 16.9 Å². The quantitative estimate of drug-likeness (QED) is 0.685. The Morgan fingerprint density at radius 1 is 1.07 bits per heavy atom. The summed E-state index contributed by atoms with van der Waals surface area (Å²) in [5.74, 6) is 1.65. The van der Waals surface area contributed by atoms with Crippen LogP contribution < -0.4 is 5.32 Å². The van der Waals surface area contributed by atoms with Crippen molar-refractivity contribution < 1.29 is 9.21 Å². The molecule has 1 aromatic carbocycles. The number of benzene rings is 1. The van der Waals surface area contributed by atoms with Crippen molar-refractivity contribution in [2.45, 2.75) is 77.7 Å². The standard InChI is InChI=1S/C26H38N2O2/c1-26(2,3)25(29)27-21-10-8-19(9-11-21)12-15-28-16-13-20(14-17-28)23-18-30-24-7-5-4-6-22(23)24/h4-7,18-21H,8-17H2,1-3H3,(H,27,29). The van der Waals surface area contributed by atoms with Crippen LogP contribution in [0.25, 0.3) is 11.0 Å². The number of nitrogens with one attached hydrogen (secondary N) is 1. The molecule has 2 heterocycles. The van der Waals surface area contributed by atoms with Gasteiger partial charge in [-0.05, 0) is 82.5 Å². The van der Waals surface area contributed by atoms with Gasteiger partial charge >= 0.3 is 0 Å². The molecule has 1 saturated carbocycles. The molecule has 1 N–H and O–H groups in total. The first kappa shape index (κ1) is 21.4. The lowest BCUT2D eigenvalue weighted by molar-refractivity contribution is -0.129. The second-order valence-electron chi connectivity index (χ2n) is 10.5. The molecule has 1 saturated heterocycles. The summed E-state index contributed by atoms with van der Waals surface area (Å²) in [6.07, 6.45) is 10.6. The van der Waals surface area contributed by atoms with E-state index in [1.54, 1.807) is 0 Å². The Hall–Kier alpha value is -1.81. The van der Waals surface area contributed by atoms with Gasteiger partial charge in [0.25, 0.3) is 0 Å². The number of carbonyl (C=O) groups is 1. The van der Waals surface area contributed by atoms with Gasteiger partial charge in [-0.3, -0.25) is 4.79 Å². The fourth-order valence-electron chi connectivity index (χ4n) is 5.14. The molecule has 0 radical (unpaired) electrons. The number of furan rings is 1. The number of hydrogen-bond donors (Lipinski definition) is 1. The van der Waals surface area contributed by atoms with Gasteiger partial charge in [-0.2, -0.15) is 0 Å². The van der Waals surface area contributed by atoms with E-state index >= 15 is 0 Å². The third-order valence-corrected chi connectivity index (χ3v) is 7.26. The Bertz CT molecular complexity index is 834. The highest BCUT2D eigenvalue weighted by Crippen LogP contribution is 2.35. The fourth-order valence-corrected chi connectivity index (χ4v) is 5.14. The van der Waals surface area contributed by atoms with Gasteiger partial charge < -0.3 is 14.6 Å². The third kappa shape index (κ3) is 5.08. The van der Waals surface area contributed by atoms with Crippen LogP contribution in [0.1, 0.15) is 77.2 Å². The monoisotopic (exact) mass is 410 g/mol. The number of rotatable bonds is 5. The Kier molecular flexibility index (Phi) is 6.52. The third-order valence-electron chi connectivity index (χ3n) is 7.26. The normalized spacial score (nSPS) is 24.2. The highest BCUT2D eigenvalue weighted by Gasteiger charge is 2.28. The fraction of sp³-hybridized carbons (Fsp3) is 0.654. The minimum absolute atomic E-state index is 0.194. The second-order valence-corrected chi connectivity index (χ2v) is 10.5. The van der Waals surface area contributed by atoms with E-state index in [1.165, 1.54) is 62.7 Å². The minimum atomic E-state index is -0.286. The Balaban J connectivity index is 1.17. The van der Waals surface area contributed by atoms with Crippen LogP contribution in [0.2, 0.25) is 0 Å². The van der Waals surface area contributed by atoms with Crippen molar-refractivity contribution in [1.29, 1.82) is 0 Å². The van der Waals surface area contributed by atoms with E-state index in [0.717, 1.165) is 24.3 Å². The smallest absolute Gasteiger partial charge is 0.225 e. The van der Waals surface area contributed by atoms with Crippen LogP contribution in [0, 0.1) is 11.3 Å². The number of amides is 1. The van der Waals surface area contributed by atoms with Gasteiger partial charge in [0.1, 0.15) is 5.58 Å². The van der Waals surface area contributed by atoms with Crippen LogP contribution in [0.4, 0.5) is 0 Å². The van der Waals surface area contributed by atoms with Crippen molar-refractivity contribution in [1.82, 2.24) is 10.2 Å². The number of likely N-dealkylation sites (tertiary alicyclic amines) is 1. The maximum absolute atomic E-state index is 12.2. The van der Waals surface area contributed by atoms with Crippen LogP contribution in [0.5, 0.6) is 0 Å². The van der Waals surface area contributed by atoms with E-state index in [-0.39, 0.29) is 11.3 Å². The lowest BCUT2D eigenvalue weighted by Crippen LogP contribution is -2.43. The second kappa shape index (κ2) is 9.13. The molecule has 1 amide bonds. The summed E-state index contributed by atoms with van der Waals surface area (Å²) < 4.78 is 5.77. The molecule has 1 aromatic heterocycles. The maximum atomic E-state index is 12.2. The lowest BCUT2D eigenvalue weighted by Gasteiger charge is -2.34. The molecule has 4 rings (SSSR count). The van der Waals surface area contributed by atoms with Gasteiger partial charge in [0.2, 0.25) is 5.91 Å². The highest BCUT2D eigenvalue weighted by molar-refractivity contribution is 5.82. The average molecular weight is 411 g/mol. The predicted molar refractivity (Wildman–Crippen MR) is 123 cm³/mol. The number of nitrogens with zero attached hydrogens (tertiary/aromatic N) is 1. The van der Waals surface area contributed by atoms with Crippen LogP contribution in [0.3, 0.4) is 0 Å². The number of hydrogen-bond acceptors (Lipinski definition) is 3. The summed E-state index contributed by atoms with van der Waals surface area (Å²) in [7, 11) is 0. The molecule has 2 aromatic rings. The van der Waals surface area contributed by atoms with E-state index in [9.17, 15) is 4.79 Å². The lowest BCUT2D eigenvalue weighted by atomic mass is 9.83. The highest BCUT2D eigenvalue weighted by atomic mass is 16.3. The Morgan fingerprint density at radius 3 is 2.47 bits per heavy atom. The molecule has 2 aliphatic rings. The summed E-state index contributed by atoms with van der Waals surface area (Å²) in [5.41, 5.74) is 2.14. The van der Waals surface area contributed by atoms with Crippen LogP contribution in [0.15, 0.2) is 34.9 Å². The zero-order chi connectivity index (χ0) is 21.1. The molecule has 0 spiro atoms. The van der Waals surface area contributed by atoms with E-state index in [1.807, 2.05) is 33.1 Å². The molecule has 2 fully saturated rings. The number of carbonyl (C=O) groups excluding carboxylic acids is 1. The SMILES string of the molecule is CC(C)(C)C(=O)NC1CCC(CCN2CCC(c3coc4ccccc34)CC2)CC1. The zero-order valence-corrected chi connectivity index (χ0v) is 19.0. The summed E-state index contributed by atoms with van der Waals surface area (Å²) >= 11 is 0. The number of piperidine rings is 1. The van der Waals surface area contributed by atoms with Gasteiger partial charge in [-0.1, -0.05) is 39.0 Å². The summed E-state index contributed by atoms with van der Waals surface area (Å²) in [6, 6.07) is 8.80. The summed E-state index contributed by atoms with van der Waals surface area (Å²) in [6.45, 7) is 9.59. The zero-order valence-electron chi connectivity index (χ0n) is 19.0. The molecule has 4 nitrogen and oxygen atoms in total. The molecule has 4 heteroatoms. The van der Waals surface area contributed by atoms with E-state index in [0.29, 0.717) is 12.0 Å². The molecule has 1 aliphatic heterocycles. The molecule has 164 valence electrons. The topological polar surface area (TPSA) is 45.5 Å². The van der Waals surface area contributed by atoms with Crippen molar-refractivity contribution in [3.63, 3.8) is 0 Å². The number of para-hydroxylation sites is 1. The van der Waals surface area contributed by atoms with Gasteiger partial charge in [-0.15, -0.1) is 0 Å². The summed E-state index contributed by atoms with van der Waals surface area (Å²) in [5, 5.41) is 4.56. The van der Waals surface area contributed by atoms with Crippen molar-refractivity contribution in [3.8, 4) is 0 Å². The Labute approximate surface area is 181 Å². The van der Waals surface area contributed by atoms with Crippen molar-refractivity contribution in [2.24, 2.45) is 11.3 Å². The van der Waals surface area contributed by atoms with Gasteiger partial charge in [0.15, 0.2) is 0 Å². The Morgan fingerprint density at radius 2 is 1.77 bits per heavy atom. The first-order valence-corrected chi connectivity index (χ1v) is 11.9. The largest absolute Gasteiger partial charge is 0.464 e. The predicted octanol–water partition coefficient (Wildman–Crippen LogP) is 5.72. The minimum Gasteiger partial charge on any atom is -0.464 e. The summed E-state index contributed by atoms with van der Waals surface area (Å²) in [4.78, 5) is 14.9. The van der Waals surface area contributed by atoms with Crippen LogP contribution in [-0.2, 0) is 4.79 Å². The molecule has 30 heavy (non-hydrogen) atoms. The van der Waals surface area contributed by atoms with E-state index in [2.05, 4.69) is 28.4 Å².